The lowest BCUT2D eigenvalue weighted by Gasteiger charge is -2.12. The Morgan fingerprint density at radius 1 is 1.21 bits per heavy atom. The average Bonchev–Trinajstić information content (AvgIpc) is 2.26. The van der Waals surface area contributed by atoms with Gasteiger partial charge in [0.05, 0.1) is 11.0 Å². The third-order valence-electron chi connectivity index (χ3n) is 2.63. The molecule has 0 aromatic heterocycles. The van der Waals surface area contributed by atoms with Crippen molar-refractivity contribution < 1.29 is 26.7 Å². The van der Waals surface area contributed by atoms with E-state index in [0.29, 0.717) is 5.56 Å². The molecule has 1 aromatic carbocycles. The largest absolute Gasteiger partial charge is 0.389 e. The fraction of sp³-hybridized carbons (Fsp3) is 0.500. The van der Waals surface area contributed by atoms with E-state index in [4.69, 9.17) is 0 Å². The van der Waals surface area contributed by atoms with Crippen molar-refractivity contribution >= 4 is 9.84 Å². The van der Waals surface area contributed by atoms with Crippen LogP contribution < -0.4 is 0 Å². The number of hydrogen-bond donors (Lipinski definition) is 1. The van der Waals surface area contributed by atoms with Gasteiger partial charge in [0.25, 0.3) is 0 Å². The molecule has 0 saturated carbocycles. The zero-order valence-electron chi connectivity index (χ0n) is 10.3. The highest BCUT2D eigenvalue weighted by Crippen LogP contribution is 2.26. The fourth-order valence-electron chi connectivity index (χ4n) is 1.60. The van der Waals surface area contributed by atoms with Gasteiger partial charge in [-0.2, -0.15) is 13.2 Å². The van der Waals surface area contributed by atoms with Gasteiger partial charge in [0.15, 0.2) is 9.84 Å². The Balaban J connectivity index is 2.61. The molecule has 3 nitrogen and oxygen atoms in total. The third kappa shape index (κ3) is 5.61. The normalized spacial score (nSPS) is 14.4. The summed E-state index contributed by atoms with van der Waals surface area (Å²) in [4.78, 5) is 0.110. The number of aliphatic hydroxyl groups is 1. The van der Waals surface area contributed by atoms with Crippen molar-refractivity contribution in [1.82, 2.24) is 0 Å². The molecule has 0 fully saturated rings. The summed E-state index contributed by atoms with van der Waals surface area (Å²) < 4.78 is 58.3. The molecule has 1 N–H and O–H groups in total. The maximum absolute atomic E-state index is 11.9. The number of sulfone groups is 1. The first-order valence-corrected chi connectivity index (χ1v) is 7.53. The minimum Gasteiger partial charge on any atom is -0.388 e. The lowest BCUT2D eigenvalue weighted by molar-refractivity contribution is -0.136. The van der Waals surface area contributed by atoms with E-state index >= 15 is 0 Å². The summed E-state index contributed by atoms with van der Waals surface area (Å²) >= 11 is 0. The van der Waals surface area contributed by atoms with Gasteiger partial charge >= 0.3 is 6.18 Å². The summed E-state index contributed by atoms with van der Waals surface area (Å²) in [5, 5.41) is 9.69. The van der Waals surface area contributed by atoms with Gasteiger partial charge in [-0.05, 0) is 30.5 Å². The summed E-state index contributed by atoms with van der Waals surface area (Å²) in [6.07, 6.45) is -5.31. The summed E-state index contributed by atoms with van der Waals surface area (Å²) in [5.41, 5.74) is 0.412. The van der Waals surface area contributed by atoms with Crippen molar-refractivity contribution in [3.63, 3.8) is 0 Å². The second-order valence-electron chi connectivity index (χ2n) is 4.36. The summed E-state index contributed by atoms with van der Waals surface area (Å²) in [6.45, 7) is 0. The Bertz CT molecular complexity index is 506. The van der Waals surface area contributed by atoms with Gasteiger partial charge in [0.1, 0.15) is 0 Å². The maximum atomic E-state index is 11.9. The number of aliphatic hydroxyl groups excluding tert-OH is 1. The van der Waals surface area contributed by atoms with Crippen molar-refractivity contribution in [2.45, 2.75) is 36.4 Å². The van der Waals surface area contributed by atoms with E-state index in [-0.39, 0.29) is 17.7 Å². The molecule has 0 heterocycles. The van der Waals surface area contributed by atoms with Crippen LogP contribution in [-0.2, 0) is 9.84 Å². The third-order valence-corrected chi connectivity index (χ3v) is 3.76. The van der Waals surface area contributed by atoms with E-state index in [1.54, 1.807) is 0 Å². The Morgan fingerprint density at radius 3 is 2.16 bits per heavy atom. The highest BCUT2D eigenvalue weighted by atomic mass is 32.2. The second kappa shape index (κ2) is 5.92. The smallest absolute Gasteiger partial charge is 0.388 e. The summed E-state index contributed by atoms with van der Waals surface area (Å²) in [7, 11) is -3.31. The minimum atomic E-state index is -4.22. The fourth-order valence-corrected chi connectivity index (χ4v) is 2.23. The van der Waals surface area contributed by atoms with E-state index in [0.717, 1.165) is 6.26 Å². The Hall–Kier alpha value is -1.08. The molecule has 0 saturated heterocycles. The topological polar surface area (TPSA) is 54.4 Å². The van der Waals surface area contributed by atoms with Crippen LogP contribution in [0.25, 0.3) is 0 Å². The van der Waals surface area contributed by atoms with Crippen molar-refractivity contribution in [3.8, 4) is 0 Å². The first-order valence-electron chi connectivity index (χ1n) is 5.64. The standard InChI is InChI=1S/C12H15F3O3S/c1-19(17,18)10-6-4-9(5-7-10)11(16)3-2-8-12(13,14)15/h4-7,11,16H,2-3,8H2,1H3. The molecule has 7 heteroatoms. The number of halogens is 3. The van der Waals surface area contributed by atoms with E-state index in [1.807, 2.05) is 0 Å². The van der Waals surface area contributed by atoms with Gasteiger partial charge < -0.3 is 5.11 Å². The molecule has 0 radical (unpaired) electrons. The highest BCUT2D eigenvalue weighted by Gasteiger charge is 2.26. The molecule has 19 heavy (non-hydrogen) atoms. The molecule has 1 rings (SSSR count). The van der Waals surface area contributed by atoms with Gasteiger partial charge in [-0.25, -0.2) is 8.42 Å². The summed E-state index contributed by atoms with van der Waals surface area (Å²) in [5.74, 6) is 0. The van der Waals surface area contributed by atoms with Crippen LogP contribution in [0.5, 0.6) is 0 Å². The van der Waals surface area contributed by atoms with Crippen molar-refractivity contribution in [2.75, 3.05) is 6.26 Å². The first kappa shape index (κ1) is 16.0. The molecule has 1 atom stereocenters. The van der Waals surface area contributed by atoms with Gasteiger partial charge in [-0.3, -0.25) is 0 Å². The van der Waals surface area contributed by atoms with Crippen molar-refractivity contribution in [3.05, 3.63) is 29.8 Å². The van der Waals surface area contributed by atoms with E-state index in [2.05, 4.69) is 0 Å². The zero-order chi connectivity index (χ0) is 14.7. The van der Waals surface area contributed by atoms with E-state index in [9.17, 15) is 26.7 Å². The van der Waals surface area contributed by atoms with Crippen LogP contribution in [0.3, 0.4) is 0 Å². The predicted molar refractivity (Wildman–Crippen MR) is 64.4 cm³/mol. The number of hydrogen-bond acceptors (Lipinski definition) is 3. The molecule has 0 bridgehead atoms. The highest BCUT2D eigenvalue weighted by molar-refractivity contribution is 7.90. The molecule has 0 aliphatic heterocycles. The monoisotopic (exact) mass is 296 g/mol. The molecular formula is C12H15F3O3S. The second-order valence-corrected chi connectivity index (χ2v) is 6.38. The SMILES string of the molecule is CS(=O)(=O)c1ccc(C(O)CCCC(F)(F)F)cc1. The Labute approximate surface area is 110 Å². The van der Waals surface area contributed by atoms with Crippen LogP contribution in [0.4, 0.5) is 13.2 Å². The number of rotatable bonds is 5. The minimum absolute atomic E-state index is 0.0161. The molecule has 0 aliphatic carbocycles. The van der Waals surface area contributed by atoms with Gasteiger partial charge in [-0.1, -0.05) is 12.1 Å². The Morgan fingerprint density at radius 2 is 1.74 bits per heavy atom. The van der Waals surface area contributed by atoms with E-state index < -0.39 is 28.5 Å². The predicted octanol–water partition coefficient (Wildman–Crippen LogP) is 2.86. The Kier molecular flexibility index (Phi) is 4.98. The average molecular weight is 296 g/mol. The van der Waals surface area contributed by atoms with Gasteiger partial charge in [-0.15, -0.1) is 0 Å². The van der Waals surface area contributed by atoms with Crippen molar-refractivity contribution in [1.29, 1.82) is 0 Å². The molecule has 108 valence electrons. The quantitative estimate of drug-likeness (QED) is 0.909. The van der Waals surface area contributed by atoms with Crippen LogP contribution in [0.15, 0.2) is 29.2 Å². The lowest BCUT2D eigenvalue weighted by atomic mass is 10.0. The van der Waals surface area contributed by atoms with Crippen LogP contribution >= 0.6 is 0 Å². The first-order chi connectivity index (χ1) is 8.59. The van der Waals surface area contributed by atoms with Crippen LogP contribution in [0, 0.1) is 0 Å². The number of alkyl halides is 3. The van der Waals surface area contributed by atoms with E-state index in [1.165, 1.54) is 24.3 Å². The molecular weight excluding hydrogens is 281 g/mol. The number of benzene rings is 1. The van der Waals surface area contributed by atoms with Crippen LogP contribution in [0.2, 0.25) is 0 Å². The van der Waals surface area contributed by atoms with Crippen LogP contribution in [0.1, 0.15) is 30.9 Å². The molecule has 0 spiro atoms. The van der Waals surface area contributed by atoms with Gasteiger partial charge in [0, 0.05) is 12.7 Å². The lowest BCUT2D eigenvalue weighted by Crippen LogP contribution is -2.08. The van der Waals surface area contributed by atoms with Crippen LogP contribution in [-0.4, -0.2) is 26.0 Å². The molecule has 1 aromatic rings. The summed E-state index contributed by atoms with van der Waals surface area (Å²) in [6, 6.07) is 5.48. The molecule has 1 unspecified atom stereocenters. The van der Waals surface area contributed by atoms with Crippen molar-refractivity contribution in [2.24, 2.45) is 0 Å². The molecule has 0 amide bonds. The zero-order valence-corrected chi connectivity index (χ0v) is 11.1. The molecule has 0 aliphatic rings. The van der Waals surface area contributed by atoms with Gasteiger partial charge in [0.2, 0.25) is 0 Å². The maximum Gasteiger partial charge on any atom is 0.389 e.